The Morgan fingerprint density at radius 1 is 1.29 bits per heavy atom. The minimum absolute atomic E-state index is 0.0839. The van der Waals surface area contributed by atoms with E-state index < -0.39 is 5.97 Å². The van der Waals surface area contributed by atoms with Crippen LogP contribution in [-0.2, 0) is 14.4 Å². The van der Waals surface area contributed by atoms with Crippen molar-refractivity contribution in [2.45, 2.75) is 57.9 Å². The first-order chi connectivity index (χ1) is 8.02. The molecule has 1 saturated heterocycles. The number of carboxylic acid groups (broad SMARTS) is 1. The lowest BCUT2D eigenvalue weighted by atomic mass is 10.1. The van der Waals surface area contributed by atoms with Gasteiger partial charge in [-0.15, -0.1) is 0 Å². The van der Waals surface area contributed by atoms with E-state index in [-0.39, 0.29) is 24.3 Å². The molecular weight excluding hydrogens is 222 g/mol. The fourth-order valence-corrected chi connectivity index (χ4v) is 2.10. The van der Waals surface area contributed by atoms with E-state index in [9.17, 15) is 14.4 Å². The number of hydrogen-bond donors (Lipinski definition) is 1. The van der Waals surface area contributed by atoms with Crippen LogP contribution in [0.25, 0.3) is 0 Å². The molecule has 5 heteroatoms. The van der Waals surface area contributed by atoms with Crippen LogP contribution in [0, 0.1) is 0 Å². The van der Waals surface area contributed by atoms with Crippen molar-refractivity contribution in [3.8, 4) is 0 Å². The highest BCUT2D eigenvalue weighted by Gasteiger charge is 2.28. The molecule has 1 fully saturated rings. The minimum Gasteiger partial charge on any atom is -0.481 e. The van der Waals surface area contributed by atoms with E-state index in [4.69, 9.17) is 5.11 Å². The molecule has 1 aliphatic heterocycles. The highest BCUT2D eigenvalue weighted by Crippen LogP contribution is 2.18. The molecule has 0 saturated carbocycles. The minimum atomic E-state index is -0.842. The largest absolute Gasteiger partial charge is 0.481 e. The highest BCUT2D eigenvalue weighted by atomic mass is 16.4. The third-order valence-corrected chi connectivity index (χ3v) is 3.02. The van der Waals surface area contributed by atoms with Crippen LogP contribution in [0.4, 0.5) is 0 Å². The molecule has 1 heterocycles. The van der Waals surface area contributed by atoms with Gasteiger partial charge in [0.1, 0.15) is 0 Å². The van der Waals surface area contributed by atoms with Crippen LogP contribution in [0.1, 0.15) is 51.9 Å². The number of hydrogen-bond acceptors (Lipinski definition) is 3. The van der Waals surface area contributed by atoms with E-state index in [1.54, 1.807) is 0 Å². The Labute approximate surface area is 101 Å². The Kier molecular flexibility index (Phi) is 5.12. The maximum Gasteiger partial charge on any atom is 0.303 e. The van der Waals surface area contributed by atoms with Gasteiger partial charge in [0, 0.05) is 25.3 Å². The van der Waals surface area contributed by atoms with Crippen LogP contribution in [0.3, 0.4) is 0 Å². The molecular formula is C12H19NO4. The van der Waals surface area contributed by atoms with E-state index in [1.165, 1.54) is 4.90 Å². The standard InChI is InChI=1S/C12H19NO4/c1-9(5-4-8-12(16)17)13-10(14)6-2-3-7-11(13)15/h9H,2-8H2,1H3,(H,16,17). The van der Waals surface area contributed by atoms with Crippen molar-refractivity contribution in [3.05, 3.63) is 0 Å². The van der Waals surface area contributed by atoms with Crippen molar-refractivity contribution in [1.29, 1.82) is 0 Å². The van der Waals surface area contributed by atoms with Crippen molar-refractivity contribution in [2.24, 2.45) is 0 Å². The summed E-state index contributed by atoms with van der Waals surface area (Å²) in [6.07, 6.45) is 3.52. The second kappa shape index (κ2) is 6.37. The summed E-state index contributed by atoms with van der Waals surface area (Å²) in [7, 11) is 0. The van der Waals surface area contributed by atoms with Gasteiger partial charge in [-0.25, -0.2) is 0 Å². The number of carboxylic acids is 1. The van der Waals surface area contributed by atoms with E-state index in [0.29, 0.717) is 25.7 Å². The van der Waals surface area contributed by atoms with Gasteiger partial charge in [0.2, 0.25) is 11.8 Å². The zero-order valence-electron chi connectivity index (χ0n) is 10.1. The number of carbonyl (C=O) groups is 3. The smallest absolute Gasteiger partial charge is 0.303 e. The van der Waals surface area contributed by atoms with Crippen molar-refractivity contribution < 1.29 is 19.5 Å². The molecule has 1 unspecified atom stereocenters. The van der Waals surface area contributed by atoms with Gasteiger partial charge in [0.25, 0.3) is 0 Å². The summed E-state index contributed by atoms with van der Waals surface area (Å²) in [5.74, 6) is -1.07. The zero-order valence-corrected chi connectivity index (χ0v) is 10.1. The topological polar surface area (TPSA) is 74.7 Å². The van der Waals surface area contributed by atoms with Crippen LogP contribution in [0.15, 0.2) is 0 Å². The number of imide groups is 1. The molecule has 1 atom stereocenters. The lowest BCUT2D eigenvalue weighted by Gasteiger charge is -2.26. The Morgan fingerprint density at radius 3 is 2.29 bits per heavy atom. The molecule has 5 nitrogen and oxygen atoms in total. The summed E-state index contributed by atoms with van der Waals surface area (Å²) in [5.41, 5.74) is 0. The SMILES string of the molecule is CC(CCCC(=O)O)N1C(=O)CCCCC1=O. The van der Waals surface area contributed by atoms with E-state index in [1.807, 2.05) is 6.92 Å². The number of rotatable bonds is 5. The van der Waals surface area contributed by atoms with Gasteiger partial charge in [-0.2, -0.15) is 0 Å². The monoisotopic (exact) mass is 241 g/mol. The van der Waals surface area contributed by atoms with Gasteiger partial charge < -0.3 is 5.11 Å². The molecule has 0 aromatic heterocycles. The Bertz CT molecular complexity index is 296. The normalized spacial score (nSPS) is 19.0. The number of nitrogens with zero attached hydrogens (tertiary/aromatic N) is 1. The first kappa shape index (κ1) is 13.7. The van der Waals surface area contributed by atoms with Crippen LogP contribution >= 0.6 is 0 Å². The molecule has 0 radical (unpaired) electrons. The summed E-state index contributed by atoms with van der Waals surface area (Å²) in [4.78, 5) is 35.2. The van der Waals surface area contributed by atoms with Gasteiger partial charge in [-0.05, 0) is 32.6 Å². The number of carbonyl (C=O) groups excluding carboxylic acids is 2. The number of amides is 2. The zero-order chi connectivity index (χ0) is 12.8. The van der Waals surface area contributed by atoms with Crippen molar-refractivity contribution in [3.63, 3.8) is 0 Å². The molecule has 17 heavy (non-hydrogen) atoms. The van der Waals surface area contributed by atoms with Crippen LogP contribution in [-0.4, -0.2) is 33.8 Å². The third kappa shape index (κ3) is 4.17. The van der Waals surface area contributed by atoms with E-state index >= 15 is 0 Å². The highest BCUT2D eigenvalue weighted by molar-refractivity contribution is 5.96. The second-order valence-corrected chi connectivity index (χ2v) is 4.50. The number of likely N-dealkylation sites (tertiary alicyclic amines) is 1. The molecule has 1 rings (SSSR count). The van der Waals surface area contributed by atoms with E-state index in [2.05, 4.69) is 0 Å². The molecule has 0 spiro atoms. The summed E-state index contributed by atoms with van der Waals surface area (Å²) in [6, 6.07) is -0.188. The van der Waals surface area contributed by atoms with Gasteiger partial charge in [0.15, 0.2) is 0 Å². The van der Waals surface area contributed by atoms with Gasteiger partial charge in [0.05, 0.1) is 0 Å². The molecule has 96 valence electrons. The van der Waals surface area contributed by atoms with Gasteiger partial charge >= 0.3 is 5.97 Å². The molecule has 0 aliphatic carbocycles. The predicted molar refractivity (Wildman–Crippen MR) is 61.3 cm³/mol. The van der Waals surface area contributed by atoms with Crippen molar-refractivity contribution in [2.75, 3.05) is 0 Å². The molecule has 0 aromatic carbocycles. The predicted octanol–water partition coefficient (Wildman–Crippen LogP) is 1.56. The van der Waals surface area contributed by atoms with Crippen molar-refractivity contribution in [1.82, 2.24) is 4.90 Å². The molecule has 1 N–H and O–H groups in total. The summed E-state index contributed by atoms with van der Waals surface area (Å²) in [6.45, 7) is 1.81. The van der Waals surface area contributed by atoms with Gasteiger partial charge in [-0.3, -0.25) is 19.3 Å². The molecule has 1 aliphatic rings. The second-order valence-electron chi connectivity index (χ2n) is 4.50. The Hall–Kier alpha value is -1.39. The number of aliphatic carboxylic acids is 1. The molecule has 2 amide bonds. The summed E-state index contributed by atoms with van der Waals surface area (Å²) < 4.78 is 0. The first-order valence-corrected chi connectivity index (χ1v) is 6.09. The maximum absolute atomic E-state index is 11.8. The average Bonchev–Trinajstić information content (AvgIpc) is 2.39. The van der Waals surface area contributed by atoms with Gasteiger partial charge in [-0.1, -0.05) is 0 Å². The van der Waals surface area contributed by atoms with Crippen LogP contribution in [0.2, 0.25) is 0 Å². The Morgan fingerprint density at radius 2 is 1.82 bits per heavy atom. The van der Waals surface area contributed by atoms with Crippen molar-refractivity contribution >= 4 is 17.8 Å². The first-order valence-electron chi connectivity index (χ1n) is 6.09. The maximum atomic E-state index is 11.8. The van der Waals surface area contributed by atoms with E-state index in [0.717, 1.165) is 12.8 Å². The fourth-order valence-electron chi connectivity index (χ4n) is 2.10. The summed E-state index contributed by atoms with van der Waals surface area (Å²) >= 11 is 0. The lowest BCUT2D eigenvalue weighted by molar-refractivity contribution is -0.146. The average molecular weight is 241 g/mol. The Balaban J connectivity index is 2.52. The summed E-state index contributed by atoms with van der Waals surface area (Å²) in [5, 5.41) is 8.54. The van der Waals surface area contributed by atoms with Crippen LogP contribution in [0.5, 0.6) is 0 Å². The fraction of sp³-hybridized carbons (Fsp3) is 0.750. The quantitative estimate of drug-likeness (QED) is 0.741. The molecule has 0 aromatic rings. The molecule has 0 bridgehead atoms. The third-order valence-electron chi connectivity index (χ3n) is 3.02. The lowest BCUT2D eigenvalue weighted by Crippen LogP contribution is -2.42. The van der Waals surface area contributed by atoms with Crippen LogP contribution < -0.4 is 0 Å².